The molecule has 1 aromatic heterocycles. The van der Waals surface area contributed by atoms with Gasteiger partial charge in [-0.3, -0.25) is 0 Å². The molecule has 3 heteroatoms. The van der Waals surface area contributed by atoms with Crippen LogP contribution in [-0.4, -0.2) is 5.11 Å². The second-order valence-corrected chi connectivity index (χ2v) is 2.97. The lowest BCUT2D eigenvalue weighted by atomic mass is 10.2. The fourth-order valence-electron chi connectivity index (χ4n) is 1.25. The van der Waals surface area contributed by atoms with Gasteiger partial charge in [0.05, 0.1) is 5.56 Å². The van der Waals surface area contributed by atoms with E-state index < -0.39 is 5.63 Å². The Hall–Kier alpha value is -1.25. The van der Waals surface area contributed by atoms with Crippen molar-refractivity contribution in [3.63, 3.8) is 0 Å². The Kier molecular flexibility index (Phi) is 3.12. The van der Waals surface area contributed by atoms with Crippen LogP contribution >= 0.6 is 0 Å². The molecule has 0 amide bonds. The SMILES string of the molecule is CCCc1cc(O)c(CC)c(=O)o1. The molecule has 0 radical (unpaired) electrons. The smallest absolute Gasteiger partial charge is 0.342 e. The van der Waals surface area contributed by atoms with Crippen molar-refractivity contribution in [1.82, 2.24) is 0 Å². The average Bonchev–Trinajstić information content (AvgIpc) is 2.04. The third kappa shape index (κ3) is 2.11. The maximum absolute atomic E-state index is 11.2. The minimum atomic E-state index is -0.411. The number of aromatic hydroxyl groups is 1. The van der Waals surface area contributed by atoms with Gasteiger partial charge in [-0.1, -0.05) is 13.8 Å². The molecule has 13 heavy (non-hydrogen) atoms. The summed E-state index contributed by atoms with van der Waals surface area (Å²) in [6.07, 6.45) is 2.08. The highest BCUT2D eigenvalue weighted by Crippen LogP contribution is 2.15. The van der Waals surface area contributed by atoms with Gasteiger partial charge < -0.3 is 9.52 Å². The highest BCUT2D eigenvalue weighted by Gasteiger charge is 2.07. The fraction of sp³-hybridized carbons (Fsp3) is 0.500. The molecule has 0 aromatic carbocycles. The third-order valence-corrected chi connectivity index (χ3v) is 1.93. The van der Waals surface area contributed by atoms with Gasteiger partial charge >= 0.3 is 5.63 Å². The van der Waals surface area contributed by atoms with Crippen LogP contribution in [0.4, 0.5) is 0 Å². The molecule has 1 aromatic rings. The van der Waals surface area contributed by atoms with Crippen molar-refractivity contribution in [2.24, 2.45) is 0 Å². The maximum Gasteiger partial charge on any atom is 0.342 e. The standard InChI is InChI=1S/C10H14O3/c1-3-5-7-6-9(11)8(4-2)10(12)13-7/h6,11H,3-5H2,1-2H3. The topological polar surface area (TPSA) is 50.4 Å². The molecule has 0 fully saturated rings. The molecule has 0 aliphatic carbocycles. The van der Waals surface area contributed by atoms with E-state index in [1.54, 1.807) is 0 Å². The van der Waals surface area contributed by atoms with E-state index in [2.05, 4.69) is 0 Å². The summed E-state index contributed by atoms with van der Waals surface area (Å²) >= 11 is 0. The van der Waals surface area contributed by atoms with Crippen LogP contribution in [0.15, 0.2) is 15.3 Å². The first-order valence-electron chi connectivity index (χ1n) is 4.53. The second-order valence-electron chi connectivity index (χ2n) is 2.97. The van der Waals surface area contributed by atoms with Gasteiger partial charge in [0.15, 0.2) is 0 Å². The molecule has 0 saturated carbocycles. The quantitative estimate of drug-likeness (QED) is 0.776. The van der Waals surface area contributed by atoms with Crippen LogP contribution in [0, 0.1) is 0 Å². The van der Waals surface area contributed by atoms with Crippen LogP contribution in [0.1, 0.15) is 31.6 Å². The summed E-state index contributed by atoms with van der Waals surface area (Å²) in [7, 11) is 0. The first-order chi connectivity index (χ1) is 6.19. The number of rotatable bonds is 3. The minimum absolute atomic E-state index is 0.0576. The number of hydrogen-bond acceptors (Lipinski definition) is 3. The van der Waals surface area contributed by atoms with Crippen molar-refractivity contribution in [3.05, 3.63) is 27.8 Å². The Morgan fingerprint density at radius 1 is 1.46 bits per heavy atom. The van der Waals surface area contributed by atoms with E-state index in [4.69, 9.17) is 4.42 Å². The summed E-state index contributed by atoms with van der Waals surface area (Å²) in [5, 5.41) is 9.44. The van der Waals surface area contributed by atoms with E-state index in [1.807, 2.05) is 13.8 Å². The summed E-state index contributed by atoms with van der Waals surface area (Å²) in [5.41, 5.74) is -0.0502. The largest absolute Gasteiger partial charge is 0.507 e. The highest BCUT2D eigenvalue weighted by atomic mass is 16.4. The zero-order valence-corrected chi connectivity index (χ0v) is 7.96. The van der Waals surface area contributed by atoms with E-state index in [0.717, 1.165) is 6.42 Å². The normalized spacial score (nSPS) is 10.3. The molecule has 0 spiro atoms. The summed E-state index contributed by atoms with van der Waals surface area (Å²) in [5.74, 6) is 0.615. The lowest BCUT2D eigenvalue weighted by Gasteiger charge is -2.02. The summed E-state index contributed by atoms with van der Waals surface area (Å²) in [6, 6.07) is 1.53. The van der Waals surface area contributed by atoms with Crippen molar-refractivity contribution in [1.29, 1.82) is 0 Å². The Morgan fingerprint density at radius 3 is 2.62 bits per heavy atom. The molecule has 0 saturated heterocycles. The monoisotopic (exact) mass is 182 g/mol. The van der Waals surface area contributed by atoms with Crippen molar-refractivity contribution in [3.8, 4) is 5.75 Å². The molecule has 0 aliphatic heterocycles. The van der Waals surface area contributed by atoms with Gasteiger partial charge in [0.2, 0.25) is 0 Å². The lowest BCUT2D eigenvalue weighted by Crippen LogP contribution is -2.07. The predicted octanol–water partition coefficient (Wildman–Crippen LogP) is 1.86. The Balaban J connectivity index is 3.13. The minimum Gasteiger partial charge on any atom is -0.507 e. The van der Waals surface area contributed by atoms with Crippen molar-refractivity contribution < 1.29 is 9.52 Å². The molecule has 1 N–H and O–H groups in total. The van der Waals surface area contributed by atoms with Crippen LogP contribution in [0.5, 0.6) is 5.75 Å². The first-order valence-corrected chi connectivity index (χ1v) is 4.53. The van der Waals surface area contributed by atoms with Crippen LogP contribution in [0.25, 0.3) is 0 Å². The van der Waals surface area contributed by atoms with Gasteiger partial charge in [-0.25, -0.2) is 4.79 Å². The molecule has 1 rings (SSSR count). The van der Waals surface area contributed by atoms with Crippen molar-refractivity contribution in [2.75, 3.05) is 0 Å². The summed E-state index contributed by atoms with van der Waals surface area (Å²) < 4.78 is 5.00. The van der Waals surface area contributed by atoms with E-state index in [-0.39, 0.29) is 5.75 Å². The van der Waals surface area contributed by atoms with E-state index in [0.29, 0.717) is 24.2 Å². The zero-order valence-electron chi connectivity index (χ0n) is 7.96. The number of hydrogen-bond donors (Lipinski definition) is 1. The molecule has 72 valence electrons. The predicted molar refractivity (Wildman–Crippen MR) is 50.0 cm³/mol. The molecule has 0 bridgehead atoms. The Bertz CT molecular complexity index is 339. The Labute approximate surface area is 77.0 Å². The van der Waals surface area contributed by atoms with Crippen LogP contribution in [-0.2, 0) is 12.8 Å². The second kappa shape index (κ2) is 4.12. The van der Waals surface area contributed by atoms with Crippen LogP contribution in [0.3, 0.4) is 0 Å². The van der Waals surface area contributed by atoms with Gasteiger partial charge in [0.1, 0.15) is 11.5 Å². The molecular weight excluding hydrogens is 168 g/mol. The van der Waals surface area contributed by atoms with E-state index >= 15 is 0 Å². The highest BCUT2D eigenvalue weighted by molar-refractivity contribution is 5.29. The molecule has 0 atom stereocenters. The molecule has 1 heterocycles. The van der Waals surface area contributed by atoms with Crippen LogP contribution < -0.4 is 5.63 Å². The zero-order chi connectivity index (χ0) is 9.84. The van der Waals surface area contributed by atoms with Gasteiger partial charge in [0, 0.05) is 12.5 Å². The van der Waals surface area contributed by atoms with E-state index in [9.17, 15) is 9.90 Å². The van der Waals surface area contributed by atoms with Gasteiger partial charge in [-0.05, 0) is 12.8 Å². The summed E-state index contributed by atoms with van der Waals surface area (Å²) in [4.78, 5) is 11.2. The fourth-order valence-corrected chi connectivity index (χ4v) is 1.25. The molecule has 3 nitrogen and oxygen atoms in total. The Morgan fingerprint density at radius 2 is 2.15 bits per heavy atom. The van der Waals surface area contributed by atoms with Gasteiger partial charge in [-0.2, -0.15) is 0 Å². The third-order valence-electron chi connectivity index (χ3n) is 1.93. The average molecular weight is 182 g/mol. The van der Waals surface area contributed by atoms with Crippen molar-refractivity contribution >= 4 is 0 Å². The van der Waals surface area contributed by atoms with E-state index in [1.165, 1.54) is 6.07 Å². The van der Waals surface area contributed by atoms with Gasteiger partial charge in [0.25, 0.3) is 0 Å². The lowest BCUT2D eigenvalue weighted by molar-refractivity contribution is 0.412. The molecule has 0 aliphatic rings. The summed E-state index contributed by atoms with van der Waals surface area (Å²) in [6.45, 7) is 3.80. The number of aryl methyl sites for hydroxylation is 1. The molecule has 0 unspecified atom stereocenters. The molecular formula is C10H14O3. The van der Waals surface area contributed by atoms with Crippen molar-refractivity contribution in [2.45, 2.75) is 33.1 Å². The van der Waals surface area contributed by atoms with Gasteiger partial charge in [-0.15, -0.1) is 0 Å². The van der Waals surface area contributed by atoms with Crippen LogP contribution in [0.2, 0.25) is 0 Å². The first kappa shape index (κ1) is 9.84. The maximum atomic E-state index is 11.2.